The van der Waals surface area contributed by atoms with Crippen molar-refractivity contribution in [1.82, 2.24) is 0 Å². The normalized spacial score (nSPS) is 11.6. The predicted molar refractivity (Wildman–Crippen MR) is 243 cm³/mol. The molecule has 0 saturated heterocycles. The zero-order valence-corrected chi connectivity index (χ0v) is 64.0. The zero-order valence-electron chi connectivity index (χ0n) is 44.3. The minimum absolute atomic E-state index is 0. The average Bonchev–Trinajstić information content (AvgIpc) is 3.42. The van der Waals surface area contributed by atoms with E-state index in [1.165, 1.54) is 24.3 Å². The van der Waals surface area contributed by atoms with E-state index in [0.717, 1.165) is 24.3 Å². The summed E-state index contributed by atoms with van der Waals surface area (Å²) in [6.45, 7) is -1.33. The molecule has 7 aromatic rings. The Labute approximate surface area is 639 Å². The molecular weight excluding hydrogens is 1390 g/mol. The molecule has 2 aromatic heterocycles. The molecule has 0 bridgehead atoms. The quantitative estimate of drug-likeness (QED) is 0.0345. The molecule has 48 heteroatoms. The molecule has 2 heterocycles. The number of fused-ring (bicyclic) bond motifs is 2. The second-order valence-electron chi connectivity index (χ2n) is 14.8. The maximum Gasteiger partial charge on any atom is 1.00 e. The van der Waals surface area contributed by atoms with Crippen LogP contribution >= 0.6 is 0 Å². The summed E-state index contributed by atoms with van der Waals surface area (Å²) in [6, 6.07) is 12.2. The summed E-state index contributed by atoms with van der Waals surface area (Å²) in [6.07, 6.45) is 0. The van der Waals surface area contributed by atoms with Gasteiger partial charge in [0.05, 0.1) is 0 Å². The van der Waals surface area contributed by atoms with Gasteiger partial charge >= 0.3 is 207 Å². The third-order valence-electron chi connectivity index (χ3n) is 9.27. The minimum Gasteiger partial charge on any atom is -0.716 e. The van der Waals surface area contributed by atoms with Crippen molar-refractivity contribution in [2.45, 2.75) is 13.2 Å². The van der Waals surface area contributed by atoms with Gasteiger partial charge in [-0.05, 0) is 53.6 Å². The van der Waals surface area contributed by atoms with E-state index < -0.39 is 188 Å². The number of hydrogen-bond donors (Lipinski definition) is 0. The fourth-order valence-electron chi connectivity index (χ4n) is 6.62. The summed E-state index contributed by atoms with van der Waals surface area (Å²) in [5.41, 5.74) is -5.76. The fourth-order valence-corrected chi connectivity index (χ4v) is 9.05. The summed E-state index contributed by atoms with van der Waals surface area (Å²) in [4.78, 5) is 28.0. The largest absolute Gasteiger partial charge is 1.00 e. The van der Waals surface area contributed by atoms with Crippen molar-refractivity contribution in [3.63, 3.8) is 0 Å². The second kappa shape index (κ2) is 33.3. The van der Waals surface area contributed by atoms with Crippen LogP contribution in [0.25, 0.3) is 44.6 Å². The van der Waals surface area contributed by atoms with Crippen LogP contribution in [0.3, 0.4) is 0 Å². The van der Waals surface area contributed by atoms with E-state index >= 15 is 0 Å². The first-order valence-electron chi connectivity index (χ1n) is 19.7. The Hall–Kier alpha value is -0.910. The Balaban J connectivity index is 0.0000103. The van der Waals surface area contributed by atoms with Crippen LogP contribution in [0.15, 0.2) is 109 Å². The molecule has 0 atom stereocenters. The van der Waals surface area contributed by atoms with Crippen molar-refractivity contribution in [3.05, 3.63) is 123 Å². The molecule has 0 aliphatic rings. The van der Waals surface area contributed by atoms with Gasteiger partial charge in [-0.15, -0.1) is 0 Å². The van der Waals surface area contributed by atoms with Crippen LogP contribution in [0.2, 0.25) is 0 Å². The number of benzene rings is 5. The average molecular weight is 1400 g/mol. The Morgan fingerprint density at radius 2 is 0.640 bits per heavy atom. The van der Waals surface area contributed by atoms with Crippen LogP contribution in [0.5, 0.6) is 51.7 Å². The van der Waals surface area contributed by atoms with Gasteiger partial charge in [-0.2, -0.15) is 0 Å². The van der Waals surface area contributed by atoms with Crippen LogP contribution in [0, 0.1) is 0 Å². The van der Waals surface area contributed by atoms with E-state index in [2.05, 4.69) is 29.3 Å². The van der Waals surface area contributed by atoms with Crippen molar-refractivity contribution in [2.24, 2.45) is 0 Å². The maximum absolute atomic E-state index is 14.1. The van der Waals surface area contributed by atoms with Gasteiger partial charge in [-0.3, -0.25) is 9.59 Å². The van der Waals surface area contributed by atoms with Gasteiger partial charge in [0.1, 0.15) is 63.9 Å². The van der Waals surface area contributed by atoms with Gasteiger partial charge in [0, 0.05) is 35.4 Å². The van der Waals surface area contributed by atoms with E-state index in [0.29, 0.717) is 42.5 Å². The smallest absolute Gasteiger partial charge is 0.716 e. The maximum atomic E-state index is 14.1. The van der Waals surface area contributed by atoms with E-state index in [9.17, 15) is 100 Å². The Morgan fingerprint density at radius 3 is 0.988 bits per heavy atom. The van der Waals surface area contributed by atoms with E-state index in [-0.39, 0.29) is 224 Å². The van der Waals surface area contributed by atoms with Crippen molar-refractivity contribution >= 4 is 94.7 Å². The summed E-state index contributed by atoms with van der Waals surface area (Å²) in [5.74, 6) is -11.7. The predicted octanol–water partition coefficient (Wildman–Crippen LogP) is -20.7. The molecule has 0 fully saturated rings. The van der Waals surface area contributed by atoms with Crippen LogP contribution in [0.1, 0.15) is 11.1 Å². The Bertz CT molecular complexity index is 4590. The van der Waals surface area contributed by atoms with Crippen molar-refractivity contribution in [2.75, 3.05) is 0 Å². The Morgan fingerprint density at radius 1 is 0.326 bits per heavy atom. The fraction of sp³-hybridized carbons (Fsp3) is 0.0526. The molecule has 0 radical (unpaired) electrons. The number of rotatable bonds is 22. The number of ether oxygens (including phenoxy) is 2. The first-order valence-corrected chi connectivity index (χ1v) is 29.0. The van der Waals surface area contributed by atoms with Gasteiger partial charge in [0.2, 0.25) is 22.4 Å². The van der Waals surface area contributed by atoms with Gasteiger partial charge in [-0.25, -0.2) is 58.9 Å². The number of hydrogen-bond acceptors (Lipinski definition) is 34. The van der Waals surface area contributed by atoms with Crippen LogP contribution in [0.4, 0.5) is 0 Å². The van der Waals surface area contributed by atoms with E-state index in [1.807, 2.05) is 0 Å². The minimum atomic E-state index is -6.00. The monoisotopic (exact) mass is 1400 g/mol. The summed E-state index contributed by atoms with van der Waals surface area (Å²) >= 11 is 0. The molecule has 0 N–H and O–H groups in total. The Kier molecular flexibility index (Phi) is 32.9. The topological polar surface area (TPSA) is 544 Å². The van der Waals surface area contributed by atoms with Gasteiger partial charge in [-0.1, -0.05) is 24.3 Å². The molecule has 34 nitrogen and oxygen atoms in total. The molecular formula is C38H19Na7O34S7. The summed E-state index contributed by atoms with van der Waals surface area (Å²) < 4.78 is 294. The molecule has 0 aliphatic heterocycles. The molecule has 0 unspecified atom stereocenters. The van der Waals surface area contributed by atoms with Gasteiger partial charge in [0.15, 0.2) is 23.0 Å². The SMILES string of the molecule is O=c1c(OS(=O)(=O)[O-])c(-c2ccc(OS(=O)(=O)[O-])cc2)oc2cc(OS(=O)(=O)[O-])cc(OCc3ccc(COc4cc(OS(=O)(=O)[O-])cc5oc(-c6ccc(OS(=O)(=O)[O-])c(OS(=O)(=O)[O-])c6)c(OS(=O)(=O)[O-])c(=O)c45)cc3)c12.[Na+].[Na+].[Na+].[Na+].[Na+].[Na+].[Na+]. The molecule has 5 aromatic carbocycles. The van der Waals surface area contributed by atoms with Crippen LogP contribution < -0.4 is 257 Å². The van der Waals surface area contributed by atoms with E-state index in [1.54, 1.807) is 0 Å². The third kappa shape index (κ3) is 25.2. The summed E-state index contributed by atoms with van der Waals surface area (Å²) in [7, 11) is -40.0. The summed E-state index contributed by atoms with van der Waals surface area (Å²) in [5, 5.41) is -1.70. The van der Waals surface area contributed by atoms with Crippen molar-refractivity contribution in [1.29, 1.82) is 0 Å². The first-order chi connectivity index (χ1) is 36.3. The van der Waals surface area contributed by atoms with Crippen LogP contribution in [-0.2, 0) is 86.0 Å². The molecule has 0 saturated carbocycles. The second-order valence-corrected chi connectivity index (χ2v) is 21.7. The van der Waals surface area contributed by atoms with Gasteiger partial charge in [0.25, 0.3) is 72.8 Å². The molecule has 0 amide bonds. The van der Waals surface area contributed by atoms with Gasteiger partial charge < -0.3 is 79.5 Å². The molecule has 0 spiro atoms. The van der Waals surface area contributed by atoms with Crippen LogP contribution in [-0.4, -0.2) is 90.8 Å². The molecule has 86 heavy (non-hydrogen) atoms. The van der Waals surface area contributed by atoms with Crippen molar-refractivity contribution < 1.29 is 345 Å². The van der Waals surface area contributed by atoms with Crippen molar-refractivity contribution in [3.8, 4) is 74.4 Å². The van der Waals surface area contributed by atoms with E-state index in [4.69, 9.17) is 18.3 Å². The zero-order chi connectivity index (χ0) is 58.4. The molecule has 424 valence electrons. The molecule has 0 aliphatic carbocycles. The third-order valence-corrected chi connectivity index (χ3v) is 12.0. The molecule has 7 rings (SSSR count). The first kappa shape index (κ1) is 85.1. The standard InChI is InChI=1S/C38H26O34S7.7Na/c39-33-31-27(12-23(67-74(44,45)46)14-29(31)64-35(37(33)71-78(56,57)58)20-5-8-22(9-6-20)66-73(41,42)43)62-16-18-1-3-19(4-2-18)17-63-28-13-24(68-75(47,48)49)15-30-32(28)34(40)38(72-79(59,60)61)36(65-30)21-7-10-25(69-76(50,51)52)26(11-21)70-77(53,54)55;;;;;;;/h1-15H,16-17H2,(H,41,42,43)(H,44,45,46)(H,47,48,49)(H,50,51,52)(H,53,54,55)(H,56,57,58)(H,59,60,61);;;;;;;/q;7*+1/p-7.